The van der Waals surface area contributed by atoms with E-state index in [0.29, 0.717) is 30.8 Å². The molecule has 8 nitrogen and oxygen atoms in total. The molecule has 39 heavy (non-hydrogen) atoms. The van der Waals surface area contributed by atoms with Crippen molar-refractivity contribution in [2.24, 2.45) is 5.41 Å². The Hall–Kier alpha value is -3.67. The highest BCUT2D eigenvalue weighted by Crippen LogP contribution is 2.46. The molecule has 2 aromatic heterocycles. The maximum absolute atomic E-state index is 13.9. The molecule has 206 valence electrons. The number of hydrogen-bond donors (Lipinski definition) is 2. The summed E-state index contributed by atoms with van der Waals surface area (Å²) in [6, 6.07) is 12.9. The summed E-state index contributed by atoms with van der Waals surface area (Å²) in [5.74, 6) is -0.768. The number of sulfonamides is 1. The molecule has 1 aliphatic heterocycles. The van der Waals surface area contributed by atoms with Crippen molar-refractivity contribution in [1.29, 1.82) is 0 Å². The van der Waals surface area contributed by atoms with Gasteiger partial charge in [0, 0.05) is 18.7 Å². The van der Waals surface area contributed by atoms with Crippen molar-refractivity contribution in [3.63, 3.8) is 0 Å². The van der Waals surface area contributed by atoms with Crippen molar-refractivity contribution in [2.75, 3.05) is 22.7 Å². The van der Waals surface area contributed by atoms with Gasteiger partial charge >= 0.3 is 12.1 Å². The minimum Gasteiger partial charge on any atom is -0.481 e. The number of pyridine rings is 2. The summed E-state index contributed by atoms with van der Waals surface area (Å²) in [6.45, 7) is 2.31. The average Bonchev–Trinajstić information content (AvgIpc) is 3.73. The molecule has 2 N–H and O–H groups in total. The summed E-state index contributed by atoms with van der Waals surface area (Å²) in [6.07, 6.45) is -1.86. The van der Waals surface area contributed by atoms with Gasteiger partial charge in [0.05, 0.1) is 16.7 Å². The number of nitrogens with zero attached hydrogens (tertiary/aromatic N) is 3. The van der Waals surface area contributed by atoms with Crippen LogP contribution in [0, 0.1) is 5.41 Å². The summed E-state index contributed by atoms with van der Waals surface area (Å²) >= 11 is 0. The number of aromatic nitrogens is 2. The smallest absolute Gasteiger partial charge is 0.418 e. The van der Waals surface area contributed by atoms with Crippen molar-refractivity contribution in [2.45, 2.75) is 49.7 Å². The minimum atomic E-state index is -4.69. The highest BCUT2D eigenvalue weighted by Gasteiger charge is 2.39. The highest BCUT2D eigenvalue weighted by atomic mass is 32.2. The third-order valence-electron chi connectivity index (χ3n) is 7.19. The van der Waals surface area contributed by atoms with E-state index in [1.165, 1.54) is 12.1 Å². The van der Waals surface area contributed by atoms with E-state index < -0.39 is 33.1 Å². The standard InChI is InChI=1S/C27H27F3N4O4S/c1-26(25(35)36)14-5-15-34(16-26)22-8-4-9-23(32-22)39(37,38)33-21-13-12-20(27(28,29)30)24(31-21)19-7-3-2-6-18(19)17-10-11-17/h2-4,6-9,12-13,17H,5,10-11,14-16H2,1H3,(H,31,33)(H,35,36). The topological polar surface area (TPSA) is 112 Å². The molecule has 5 rings (SSSR count). The van der Waals surface area contributed by atoms with E-state index in [1.54, 1.807) is 42.2 Å². The molecule has 0 radical (unpaired) electrons. The number of piperidine rings is 1. The van der Waals surface area contributed by atoms with Crippen LogP contribution in [0.4, 0.5) is 24.8 Å². The SMILES string of the molecule is CC1(C(=O)O)CCCN(c2cccc(S(=O)(=O)Nc3ccc(C(F)(F)F)c(-c4ccccc4C4CC4)n3)n2)C1. The molecule has 1 unspecified atom stereocenters. The van der Waals surface area contributed by atoms with Crippen molar-refractivity contribution >= 4 is 27.6 Å². The number of alkyl halides is 3. The Morgan fingerprint density at radius 1 is 1.08 bits per heavy atom. The number of rotatable bonds is 7. The summed E-state index contributed by atoms with van der Waals surface area (Å²) in [5, 5.41) is 9.25. The van der Waals surface area contributed by atoms with Crippen molar-refractivity contribution in [3.8, 4) is 11.3 Å². The third kappa shape index (κ3) is 5.56. The zero-order valence-corrected chi connectivity index (χ0v) is 21.9. The maximum Gasteiger partial charge on any atom is 0.418 e. The average molecular weight is 561 g/mol. The Bertz CT molecular complexity index is 1530. The van der Waals surface area contributed by atoms with E-state index in [4.69, 9.17) is 0 Å². The molecular formula is C27H27F3N4O4S. The number of halogens is 3. The number of benzene rings is 1. The van der Waals surface area contributed by atoms with Gasteiger partial charge in [-0.25, -0.2) is 9.97 Å². The van der Waals surface area contributed by atoms with Crippen LogP contribution in [0.2, 0.25) is 0 Å². The maximum atomic E-state index is 13.9. The lowest BCUT2D eigenvalue weighted by molar-refractivity contribution is -0.148. The summed E-state index contributed by atoms with van der Waals surface area (Å²) in [4.78, 5) is 21.8. The number of carboxylic acid groups (broad SMARTS) is 1. The first kappa shape index (κ1) is 26.9. The molecular weight excluding hydrogens is 533 g/mol. The predicted octanol–water partition coefficient (Wildman–Crippen LogP) is 5.53. The number of carbonyl (C=O) groups is 1. The van der Waals surface area contributed by atoms with Crippen LogP contribution in [0.15, 0.2) is 59.6 Å². The highest BCUT2D eigenvalue weighted by molar-refractivity contribution is 7.92. The van der Waals surface area contributed by atoms with Gasteiger partial charge in [0.25, 0.3) is 10.0 Å². The number of hydrogen-bond acceptors (Lipinski definition) is 6. The summed E-state index contributed by atoms with van der Waals surface area (Å²) < 4.78 is 70.5. The van der Waals surface area contributed by atoms with Crippen molar-refractivity contribution < 1.29 is 31.5 Å². The number of carboxylic acids is 1. The van der Waals surface area contributed by atoms with Crippen LogP contribution in [-0.2, 0) is 21.0 Å². The zero-order valence-electron chi connectivity index (χ0n) is 21.1. The Kier molecular flexibility index (Phi) is 6.78. The predicted molar refractivity (Wildman–Crippen MR) is 139 cm³/mol. The Balaban J connectivity index is 1.47. The lowest BCUT2D eigenvalue weighted by Crippen LogP contribution is -2.46. The van der Waals surface area contributed by atoms with Crippen LogP contribution in [0.3, 0.4) is 0 Å². The fourth-order valence-electron chi connectivity index (χ4n) is 4.94. The quantitative estimate of drug-likeness (QED) is 0.391. The van der Waals surface area contributed by atoms with Crippen LogP contribution in [-0.4, -0.2) is 42.6 Å². The monoisotopic (exact) mass is 560 g/mol. The molecule has 1 saturated carbocycles. The number of aliphatic carboxylic acids is 1. The van der Waals surface area contributed by atoms with Gasteiger partial charge in [-0.3, -0.25) is 9.52 Å². The van der Waals surface area contributed by atoms with E-state index in [2.05, 4.69) is 14.7 Å². The molecule has 3 aromatic rings. The van der Waals surface area contributed by atoms with Gasteiger partial charge in [0.2, 0.25) is 0 Å². The van der Waals surface area contributed by atoms with E-state index in [9.17, 15) is 31.5 Å². The van der Waals surface area contributed by atoms with Crippen molar-refractivity contribution in [1.82, 2.24) is 9.97 Å². The van der Waals surface area contributed by atoms with E-state index in [1.807, 2.05) is 0 Å². The lowest BCUT2D eigenvalue weighted by atomic mass is 9.82. The minimum absolute atomic E-state index is 0.147. The second kappa shape index (κ2) is 9.82. The molecule has 0 amide bonds. The molecule has 3 heterocycles. The van der Waals surface area contributed by atoms with Crippen molar-refractivity contribution in [3.05, 3.63) is 65.7 Å². The molecule has 2 fully saturated rings. The van der Waals surface area contributed by atoms with Gasteiger partial charge < -0.3 is 10.0 Å². The van der Waals surface area contributed by atoms with E-state index >= 15 is 0 Å². The Morgan fingerprint density at radius 3 is 2.51 bits per heavy atom. The lowest BCUT2D eigenvalue weighted by Gasteiger charge is -2.38. The van der Waals surface area contributed by atoms with Crippen LogP contribution in [0.1, 0.15) is 49.7 Å². The second-order valence-electron chi connectivity index (χ2n) is 10.3. The molecule has 0 bridgehead atoms. The second-order valence-corrected chi connectivity index (χ2v) is 11.9. The van der Waals surface area contributed by atoms with Crippen LogP contribution < -0.4 is 9.62 Å². The summed E-state index contributed by atoms with van der Waals surface area (Å²) in [5.41, 5.74) is -1.22. The molecule has 1 aromatic carbocycles. The fourth-order valence-corrected chi connectivity index (χ4v) is 5.91. The van der Waals surface area contributed by atoms with Crippen LogP contribution in [0.5, 0.6) is 0 Å². The molecule has 0 spiro atoms. The first-order chi connectivity index (χ1) is 18.4. The molecule has 1 aliphatic carbocycles. The Labute approximate surface area is 224 Å². The zero-order chi connectivity index (χ0) is 28.0. The normalized spacial score (nSPS) is 20.1. The molecule has 2 aliphatic rings. The van der Waals surface area contributed by atoms with Gasteiger partial charge in [-0.1, -0.05) is 30.3 Å². The largest absolute Gasteiger partial charge is 0.481 e. The molecule has 12 heteroatoms. The van der Waals surface area contributed by atoms with E-state index in [0.717, 1.165) is 30.5 Å². The fraction of sp³-hybridized carbons (Fsp3) is 0.370. The number of anilines is 2. The Morgan fingerprint density at radius 2 is 1.82 bits per heavy atom. The van der Waals surface area contributed by atoms with Gasteiger partial charge in [-0.2, -0.15) is 21.6 Å². The van der Waals surface area contributed by atoms with Gasteiger partial charge in [0.1, 0.15) is 11.6 Å². The summed E-state index contributed by atoms with van der Waals surface area (Å²) in [7, 11) is -4.33. The molecule has 1 saturated heterocycles. The van der Waals surface area contributed by atoms with Gasteiger partial charge in [-0.05, 0) is 68.4 Å². The number of nitrogens with one attached hydrogen (secondary N) is 1. The first-order valence-corrected chi connectivity index (χ1v) is 14.0. The van der Waals surface area contributed by atoms with Gasteiger partial charge in [0.15, 0.2) is 5.03 Å². The molecule has 1 atom stereocenters. The van der Waals surface area contributed by atoms with Crippen LogP contribution >= 0.6 is 0 Å². The van der Waals surface area contributed by atoms with Gasteiger partial charge in [-0.15, -0.1) is 0 Å². The first-order valence-electron chi connectivity index (χ1n) is 12.5. The van der Waals surface area contributed by atoms with Crippen LogP contribution in [0.25, 0.3) is 11.3 Å². The van der Waals surface area contributed by atoms with E-state index in [-0.39, 0.29) is 29.0 Å². The third-order valence-corrected chi connectivity index (χ3v) is 8.45.